The molecule has 2 bridgehead atoms. The molecule has 7 nitrogen and oxygen atoms in total. The van der Waals surface area contributed by atoms with Crippen LogP contribution in [0.5, 0.6) is 0 Å². The Morgan fingerprint density at radius 3 is 2.82 bits per heavy atom. The number of esters is 2. The monoisotopic (exact) mass is 340 g/mol. The Morgan fingerprint density at radius 1 is 1.50 bits per heavy atom. The van der Waals surface area contributed by atoms with Crippen molar-refractivity contribution in [3.05, 3.63) is 0 Å². The molecular formula is C12H14F2O7S. The molecule has 0 spiro atoms. The lowest BCUT2D eigenvalue weighted by Crippen LogP contribution is -2.40. The topological polar surface area (TPSA) is 91.3 Å². The third kappa shape index (κ3) is 2.12. The summed E-state index contributed by atoms with van der Waals surface area (Å²) >= 11 is -0.678. The third-order valence-electron chi connectivity index (χ3n) is 5.04. The highest BCUT2D eigenvalue weighted by molar-refractivity contribution is 7.96. The van der Waals surface area contributed by atoms with E-state index in [1.54, 1.807) is 0 Å². The highest BCUT2D eigenvalue weighted by atomic mass is 32.2. The number of alkyl halides is 2. The van der Waals surface area contributed by atoms with E-state index in [1.165, 1.54) is 0 Å². The van der Waals surface area contributed by atoms with Gasteiger partial charge in [0.2, 0.25) is 0 Å². The molecule has 0 amide bonds. The van der Waals surface area contributed by atoms with Crippen LogP contribution in [-0.2, 0) is 28.4 Å². The number of hydrogen-bond acceptors (Lipinski definition) is 8. The second-order valence-corrected chi connectivity index (χ2v) is 7.13. The maximum absolute atomic E-state index is 13.5. The SMILES string of the molecule is CC1(C)C2CC3C(=O)OC(C2OC(=O)C(F)(F)SOOO)C31. The van der Waals surface area contributed by atoms with Gasteiger partial charge in [-0.2, -0.15) is 8.78 Å². The van der Waals surface area contributed by atoms with E-state index in [0.717, 1.165) is 0 Å². The first-order valence-corrected chi connectivity index (χ1v) is 7.39. The van der Waals surface area contributed by atoms with Crippen LogP contribution in [-0.4, -0.2) is 34.7 Å². The second kappa shape index (κ2) is 5.02. The van der Waals surface area contributed by atoms with E-state index in [1.807, 2.05) is 13.8 Å². The van der Waals surface area contributed by atoms with Crippen molar-refractivity contribution in [2.75, 3.05) is 0 Å². The molecule has 2 aliphatic carbocycles. The first-order chi connectivity index (χ1) is 10.2. The molecule has 0 aromatic heterocycles. The van der Waals surface area contributed by atoms with Crippen LogP contribution in [0.4, 0.5) is 8.78 Å². The number of hydrogen-bond donors (Lipinski definition) is 1. The molecule has 1 saturated heterocycles. The number of fused-ring (bicyclic) bond motifs is 1. The van der Waals surface area contributed by atoms with E-state index in [4.69, 9.17) is 14.7 Å². The summed E-state index contributed by atoms with van der Waals surface area (Å²) in [6, 6.07) is 0. The van der Waals surface area contributed by atoms with Gasteiger partial charge in [-0.05, 0) is 11.8 Å². The molecule has 3 rings (SSSR count). The second-order valence-electron chi connectivity index (χ2n) is 6.31. The molecule has 0 aromatic rings. The minimum Gasteiger partial charge on any atom is -0.458 e. The fraction of sp³-hybridized carbons (Fsp3) is 0.833. The van der Waals surface area contributed by atoms with Crippen LogP contribution in [0.3, 0.4) is 0 Å². The van der Waals surface area contributed by atoms with E-state index in [2.05, 4.69) is 9.37 Å². The number of rotatable bonds is 5. The fourth-order valence-corrected chi connectivity index (χ4v) is 4.40. The van der Waals surface area contributed by atoms with Crippen LogP contribution in [0.15, 0.2) is 0 Å². The van der Waals surface area contributed by atoms with E-state index in [-0.39, 0.29) is 29.1 Å². The number of carbonyl (C=O) groups is 2. The Bertz CT molecular complexity index is 512. The Balaban J connectivity index is 1.74. The molecule has 1 aliphatic heterocycles. The quantitative estimate of drug-likeness (QED) is 0.350. The van der Waals surface area contributed by atoms with Gasteiger partial charge in [0.15, 0.2) is 0 Å². The summed E-state index contributed by atoms with van der Waals surface area (Å²) in [5.41, 5.74) is -0.334. The standard InChI is InChI=1S/C12H14F2O7S/c1-11(2)5-3-4-6(11)8(18-9(4)15)7(5)19-10(16)12(13,14)22-21-20-17/h4-8,17H,3H2,1-2H3. The van der Waals surface area contributed by atoms with Crippen LogP contribution in [0, 0.1) is 23.2 Å². The van der Waals surface area contributed by atoms with Gasteiger partial charge in [-0.15, -0.1) is 4.33 Å². The minimum absolute atomic E-state index is 0.138. The van der Waals surface area contributed by atoms with E-state index in [0.29, 0.717) is 6.42 Å². The van der Waals surface area contributed by atoms with Crippen LogP contribution in [0.1, 0.15) is 20.3 Å². The smallest absolute Gasteiger partial charge is 0.415 e. The maximum atomic E-state index is 13.5. The van der Waals surface area contributed by atoms with Gasteiger partial charge in [-0.25, -0.2) is 10.1 Å². The summed E-state index contributed by atoms with van der Waals surface area (Å²) in [5.74, 6) is -2.80. The van der Waals surface area contributed by atoms with Gasteiger partial charge < -0.3 is 9.47 Å². The lowest BCUT2D eigenvalue weighted by atomic mass is 9.80. The van der Waals surface area contributed by atoms with Crippen LogP contribution in [0.25, 0.3) is 0 Å². The molecule has 22 heavy (non-hydrogen) atoms. The average molecular weight is 340 g/mol. The van der Waals surface area contributed by atoms with Gasteiger partial charge in [-0.3, -0.25) is 4.79 Å². The molecule has 5 atom stereocenters. The van der Waals surface area contributed by atoms with E-state index < -0.39 is 35.5 Å². The summed E-state index contributed by atoms with van der Waals surface area (Å²) in [7, 11) is 0. The number of halogens is 2. The Hall–Kier alpha value is -0.970. The summed E-state index contributed by atoms with van der Waals surface area (Å²) in [6.07, 6.45) is -1.14. The highest BCUT2D eigenvalue weighted by Gasteiger charge is 2.72. The summed E-state index contributed by atoms with van der Waals surface area (Å²) in [6.45, 7) is 3.83. The molecule has 5 unspecified atom stereocenters. The Morgan fingerprint density at radius 2 is 2.18 bits per heavy atom. The molecule has 0 radical (unpaired) electrons. The maximum Gasteiger partial charge on any atom is 0.415 e. The normalized spacial score (nSPS) is 38.2. The fourth-order valence-electron chi connectivity index (χ4n) is 4.17. The van der Waals surface area contributed by atoms with Gasteiger partial charge in [0.05, 0.1) is 5.92 Å². The highest BCUT2D eigenvalue weighted by Crippen LogP contribution is 2.65. The molecule has 0 aromatic carbocycles. The molecule has 1 heterocycles. The Kier molecular flexibility index (Phi) is 3.63. The zero-order valence-electron chi connectivity index (χ0n) is 11.7. The first kappa shape index (κ1) is 15.9. The van der Waals surface area contributed by atoms with Crippen molar-refractivity contribution in [2.24, 2.45) is 23.2 Å². The largest absolute Gasteiger partial charge is 0.458 e. The van der Waals surface area contributed by atoms with Crippen LogP contribution >= 0.6 is 12.0 Å². The van der Waals surface area contributed by atoms with Gasteiger partial charge in [0.25, 0.3) is 0 Å². The molecule has 3 fully saturated rings. The molecule has 1 N–H and O–H groups in total. The third-order valence-corrected chi connectivity index (χ3v) is 5.54. The van der Waals surface area contributed by atoms with Gasteiger partial charge in [0, 0.05) is 11.8 Å². The van der Waals surface area contributed by atoms with Gasteiger partial charge >= 0.3 is 17.2 Å². The Labute approximate surface area is 128 Å². The summed E-state index contributed by atoms with van der Waals surface area (Å²) < 4.78 is 40.7. The molecule has 2 saturated carbocycles. The molecule has 124 valence electrons. The zero-order chi connectivity index (χ0) is 16.3. The van der Waals surface area contributed by atoms with E-state index in [9.17, 15) is 18.4 Å². The van der Waals surface area contributed by atoms with Gasteiger partial charge in [-0.1, -0.05) is 18.9 Å². The lowest BCUT2D eigenvalue weighted by Gasteiger charge is -2.27. The number of carbonyl (C=O) groups excluding carboxylic acids is 2. The summed E-state index contributed by atoms with van der Waals surface area (Å²) in [5, 5.41) is 6.87. The van der Waals surface area contributed by atoms with Crippen molar-refractivity contribution in [3.8, 4) is 0 Å². The number of ether oxygens (including phenoxy) is 2. The molecule has 3 aliphatic rings. The first-order valence-electron chi connectivity index (χ1n) is 6.65. The van der Waals surface area contributed by atoms with Crippen molar-refractivity contribution in [2.45, 2.75) is 37.7 Å². The molecular weight excluding hydrogens is 326 g/mol. The average Bonchev–Trinajstić information content (AvgIpc) is 2.93. The predicted octanol–water partition coefficient (Wildman–Crippen LogP) is 1.78. The van der Waals surface area contributed by atoms with E-state index >= 15 is 0 Å². The zero-order valence-corrected chi connectivity index (χ0v) is 12.5. The summed E-state index contributed by atoms with van der Waals surface area (Å²) in [4.78, 5) is 23.4. The van der Waals surface area contributed by atoms with Crippen molar-refractivity contribution >= 4 is 24.0 Å². The minimum atomic E-state index is -4.06. The van der Waals surface area contributed by atoms with Gasteiger partial charge in [0.1, 0.15) is 24.3 Å². The van der Waals surface area contributed by atoms with Crippen LogP contribution < -0.4 is 0 Å². The van der Waals surface area contributed by atoms with Crippen molar-refractivity contribution in [1.29, 1.82) is 0 Å². The van der Waals surface area contributed by atoms with Crippen molar-refractivity contribution < 1.29 is 42.5 Å². The molecule has 10 heteroatoms. The van der Waals surface area contributed by atoms with Crippen molar-refractivity contribution in [3.63, 3.8) is 0 Å². The van der Waals surface area contributed by atoms with Crippen LogP contribution in [0.2, 0.25) is 0 Å². The van der Waals surface area contributed by atoms with Crippen molar-refractivity contribution in [1.82, 2.24) is 0 Å². The predicted molar refractivity (Wildman–Crippen MR) is 66.0 cm³/mol. The lowest BCUT2D eigenvalue weighted by molar-refractivity contribution is -0.433.